The first-order valence-corrected chi connectivity index (χ1v) is 8.83. The van der Waals surface area contributed by atoms with Crippen LogP contribution < -0.4 is 10.0 Å². The molecule has 0 bridgehead atoms. The normalized spacial score (nSPS) is 26.5. The van der Waals surface area contributed by atoms with E-state index in [0.29, 0.717) is 18.2 Å². The molecule has 1 saturated carbocycles. The summed E-state index contributed by atoms with van der Waals surface area (Å²) in [5.41, 5.74) is -0.220. The Morgan fingerprint density at radius 1 is 1.29 bits per heavy atom. The van der Waals surface area contributed by atoms with Gasteiger partial charge in [-0.3, -0.25) is 0 Å². The highest BCUT2D eigenvalue weighted by atomic mass is 32.2. The number of benzene rings is 1. The van der Waals surface area contributed by atoms with E-state index in [0.717, 1.165) is 25.7 Å². The third-order valence-electron chi connectivity index (χ3n) is 4.26. The molecule has 118 valence electrons. The Labute approximate surface area is 126 Å². The summed E-state index contributed by atoms with van der Waals surface area (Å²) in [6.45, 7) is 2.57. The molecule has 1 aliphatic rings. The van der Waals surface area contributed by atoms with Gasteiger partial charge in [0.05, 0.1) is 11.3 Å². The number of nitrogens with one attached hydrogen (secondary N) is 2. The third-order valence-corrected chi connectivity index (χ3v) is 5.73. The van der Waals surface area contributed by atoms with Crippen LogP contribution in [-0.4, -0.2) is 32.7 Å². The largest absolute Gasteiger partial charge is 0.388 e. The second-order valence-electron chi connectivity index (χ2n) is 5.96. The lowest BCUT2D eigenvalue weighted by atomic mass is 9.79. The second kappa shape index (κ2) is 6.34. The van der Waals surface area contributed by atoms with Crippen LogP contribution in [0.2, 0.25) is 0 Å². The molecule has 0 atom stereocenters. The van der Waals surface area contributed by atoms with Gasteiger partial charge in [-0.15, -0.1) is 0 Å². The molecular formula is C15H24N2O3S. The van der Waals surface area contributed by atoms with Gasteiger partial charge in [-0.05, 0) is 50.8 Å². The zero-order valence-corrected chi connectivity index (χ0v) is 13.4. The van der Waals surface area contributed by atoms with E-state index in [-0.39, 0.29) is 4.90 Å². The summed E-state index contributed by atoms with van der Waals surface area (Å²) in [4.78, 5) is 0.209. The first-order valence-electron chi connectivity index (χ1n) is 7.35. The highest BCUT2D eigenvalue weighted by molar-refractivity contribution is 7.89. The summed E-state index contributed by atoms with van der Waals surface area (Å²) >= 11 is 0. The van der Waals surface area contributed by atoms with Crippen LogP contribution in [0.4, 0.5) is 5.69 Å². The fourth-order valence-corrected chi connectivity index (χ4v) is 3.60. The quantitative estimate of drug-likeness (QED) is 0.776. The molecular weight excluding hydrogens is 288 g/mol. The van der Waals surface area contributed by atoms with E-state index < -0.39 is 15.6 Å². The Kier molecular flexibility index (Phi) is 4.91. The summed E-state index contributed by atoms with van der Waals surface area (Å²) in [5.74, 6) is 0.655. The second-order valence-corrected chi connectivity index (χ2v) is 7.82. The summed E-state index contributed by atoms with van der Waals surface area (Å²) in [7, 11) is -2.11. The van der Waals surface area contributed by atoms with Crippen molar-refractivity contribution in [2.24, 2.45) is 5.92 Å². The average Bonchev–Trinajstić information content (AvgIpc) is 2.49. The van der Waals surface area contributed by atoms with Crippen LogP contribution >= 0.6 is 0 Å². The van der Waals surface area contributed by atoms with Crippen LogP contribution in [-0.2, 0) is 10.0 Å². The standard InChI is InChI=1S/C15H24N2O3S/c1-12-7-9-15(18,10-8-12)11-17-13-5-3-4-6-14(13)21(19,20)16-2/h3-6,12,16-18H,7-11H2,1-2H3. The van der Waals surface area contributed by atoms with Crippen molar-refractivity contribution in [2.75, 3.05) is 18.9 Å². The molecule has 1 aromatic rings. The molecule has 0 aliphatic heterocycles. The van der Waals surface area contributed by atoms with Crippen LogP contribution in [0, 0.1) is 5.92 Å². The highest BCUT2D eigenvalue weighted by Crippen LogP contribution is 2.32. The van der Waals surface area contributed by atoms with Gasteiger partial charge in [0.15, 0.2) is 0 Å². The first kappa shape index (κ1) is 16.3. The van der Waals surface area contributed by atoms with E-state index in [1.165, 1.54) is 7.05 Å². The van der Waals surface area contributed by atoms with Gasteiger partial charge in [0.2, 0.25) is 10.0 Å². The van der Waals surface area contributed by atoms with E-state index in [2.05, 4.69) is 17.0 Å². The summed E-state index contributed by atoms with van der Waals surface area (Å²) in [6, 6.07) is 6.75. The van der Waals surface area contributed by atoms with Crippen molar-refractivity contribution in [3.63, 3.8) is 0 Å². The van der Waals surface area contributed by atoms with E-state index in [1.54, 1.807) is 24.3 Å². The molecule has 21 heavy (non-hydrogen) atoms. The van der Waals surface area contributed by atoms with Crippen LogP contribution in [0.15, 0.2) is 29.2 Å². The highest BCUT2D eigenvalue weighted by Gasteiger charge is 2.32. The number of hydrogen-bond donors (Lipinski definition) is 3. The smallest absolute Gasteiger partial charge is 0.242 e. The minimum Gasteiger partial charge on any atom is -0.388 e. The van der Waals surface area contributed by atoms with Gasteiger partial charge in [-0.1, -0.05) is 19.1 Å². The number of rotatable bonds is 5. The van der Waals surface area contributed by atoms with E-state index in [1.807, 2.05) is 0 Å². The van der Waals surface area contributed by atoms with Gasteiger partial charge in [0, 0.05) is 6.54 Å². The van der Waals surface area contributed by atoms with Crippen LogP contribution in [0.3, 0.4) is 0 Å². The molecule has 2 rings (SSSR count). The zero-order valence-electron chi connectivity index (χ0n) is 12.6. The van der Waals surface area contributed by atoms with Crippen molar-refractivity contribution in [3.8, 4) is 0 Å². The number of hydrogen-bond acceptors (Lipinski definition) is 4. The Bertz CT molecular complexity index is 578. The lowest BCUT2D eigenvalue weighted by molar-refractivity contribution is 0.00497. The predicted molar refractivity (Wildman–Crippen MR) is 83.8 cm³/mol. The molecule has 0 amide bonds. The molecule has 0 aromatic heterocycles. The molecule has 1 aliphatic carbocycles. The minimum atomic E-state index is -3.50. The number of sulfonamides is 1. The van der Waals surface area contributed by atoms with Crippen molar-refractivity contribution in [3.05, 3.63) is 24.3 Å². The SMILES string of the molecule is CNS(=O)(=O)c1ccccc1NCC1(O)CCC(C)CC1. The fraction of sp³-hybridized carbons (Fsp3) is 0.600. The first-order chi connectivity index (χ1) is 9.86. The van der Waals surface area contributed by atoms with Gasteiger partial charge >= 0.3 is 0 Å². The van der Waals surface area contributed by atoms with E-state index in [9.17, 15) is 13.5 Å². The van der Waals surface area contributed by atoms with Crippen LogP contribution in [0.25, 0.3) is 0 Å². The average molecular weight is 312 g/mol. The van der Waals surface area contributed by atoms with E-state index in [4.69, 9.17) is 0 Å². The molecule has 0 unspecified atom stereocenters. The Balaban J connectivity index is 2.11. The number of aliphatic hydroxyl groups is 1. The van der Waals surface area contributed by atoms with Crippen molar-refractivity contribution in [2.45, 2.75) is 43.1 Å². The summed E-state index contributed by atoms with van der Waals surface area (Å²) < 4.78 is 26.3. The molecule has 1 aromatic carbocycles. The van der Waals surface area contributed by atoms with E-state index >= 15 is 0 Å². The minimum absolute atomic E-state index is 0.209. The zero-order chi connectivity index (χ0) is 15.5. The van der Waals surface area contributed by atoms with Crippen LogP contribution in [0.1, 0.15) is 32.6 Å². The lowest BCUT2D eigenvalue weighted by Crippen LogP contribution is -2.40. The van der Waals surface area contributed by atoms with Gasteiger partial charge in [0.25, 0.3) is 0 Å². The maximum absolute atomic E-state index is 12.0. The topological polar surface area (TPSA) is 78.4 Å². The number of para-hydroxylation sites is 1. The number of anilines is 1. The van der Waals surface area contributed by atoms with Gasteiger partial charge in [-0.25, -0.2) is 13.1 Å². The summed E-state index contributed by atoms with van der Waals surface area (Å²) in [5, 5.41) is 13.7. The van der Waals surface area contributed by atoms with Gasteiger partial charge in [-0.2, -0.15) is 0 Å². The molecule has 0 heterocycles. The van der Waals surface area contributed by atoms with Crippen molar-refractivity contribution in [1.82, 2.24) is 4.72 Å². The van der Waals surface area contributed by atoms with Crippen molar-refractivity contribution in [1.29, 1.82) is 0 Å². The third kappa shape index (κ3) is 3.96. The fourth-order valence-electron chi connectivity index (χ4n) is 2.69. The Morgan fingerprint density at radius 2 is 1.90 bits per heavy atom. The van der Waals surface area contributed by atoms with Gasteiger partial charge in [0.1, 0.15) is 4.90 Å². The van der Waals surface area contributed by atoms with Crippen molar-refractivity contribution < 1.29 is 13.5 Å². The molecule has 0 saturated heterocycles. The summed E-state index contributed by atoms with van der Waals surface area (Å²) in [6.07, 6.45) is 3.52. The maximum atomic E-state index is 12.0. The Morgan fingerprint density at radius 3 is 2.52 bits per heavy atom. The Hall–Kier alpha value is -1.11. The van der Waals surface area contributed by atoms with Crippen molar-refractivity contribution >= 4 is 15.7 Å². The van der Waals surface area contributed by atoms with Gasteiger partial charge < -0.3 is 10.4 Å². The predicted octanol–water partition coefficient (Wildman–Crippen LogP) is 1.95. The molecule has 0 spiro atoms. The van der Waals surface area contributed by atoms with Crippen LogP contribution in [0.5, 0.6) is 0 Å². The monoisotopic (exact) mass is 312 g/mol. The molecule has 5 nitrogen and oxygen atoms in total. The molecule has 1 fully saturated rings. The molecule has 3 N–H and O–H groups in total. The maximum Gasteiger partial charge on any atom is 0.242 e. The lowest BCUT2D eigenvalue weighted by Gasteiger charge is -2.35. The molecule has 0 radical (unpaired) electrons. The molecule has 6 heteroatoms.